The topological polar surface area (TPSA) is 94.1 Å². The van der Waals surface area contributed by atoms with Gasteiger partial charge in [0.05, 0.1) is 12.0 Å². The minimum Gasteiger partial charge on any atom is -0.342 e. The van der Waals surface area contributed by atoms with E-state index in [4.69, 9.17) is 5.41 Å². The molecule has 35 heavy (non-hydrogen) atoms. The Labute approximate surface area is 208 Å². The van der Waals surface area contributed by atoms with E-state index in [0.29, 0.717) is 10.2 Å². The molecule has 4 heterocycles. The molecule has 3 aliphatic heterocycles. The van der Waals surface area contributed by atoms with Crippen molar-refractivity contribution in [1.29, 1.82) is 5.41 Å². The molecule has 1 aromatic heterocycles. The monoisotopic (exact) mass is 488 g/mol. The summed E-state index contributed by atoms with van der Waals surface area (Å²) in [7, 11) is 0. The number of hydrazone groups is 1. The first-order valence-corrected chi connectivity index (χ1v) is 12.6. The highest BCUT2D eigenvalue weighted by Gasteiger charge is 2.36. The van der Waals surface area contributed by atoms with Crippen molar-refractivity contribution in [2.24, 2.45) is 10.1 Å². The minimum absolute atomic E-state index is 0.0212. The second-order valence-electron chi connectivity index (χ2n) is 9.21. The molecule has 0 atom stereocenters. The van der Waals surface area contributed by atoms with E-state index in [0.717, 1.165) is 48.6 Å². The Balaban J connectivity index is 1.42. The summed E-state index contributed by atoms with van der Waals surface area (Å²) in [5.74, 6) is -0.458. The van der Waals surface area contributed by atoms with Crippen molar-refractivity contribution in [2.75, 3.05) is 13.1 Å². The quantitative estimate of drug-likeness (QED) is 0.648. The first-order chi connectivity index (χ1) is 16.7. The van der Waals surface area contributed by atoms with Gasteiger partial charge in [0.25, 0.3) is 5.91 Å². The van der Waals surface area contributed by atoms with Gasteiger partial charge in [-0.2, -0.15) is 15.1 Å². The second-order valence-corrected chi connectivity index (χ2v) is 10.2. The number of likely N-dealkylation sites (tertiary alicyclic amines) is 1. The summed E-state index contributed by atoms with van der Waals surface area (Å²) in [4.78, 5) is 31.4. The van der Waals surface area contributed by atoms with Crippen LogP contribution in [0.25, 0.3) is 11.8 Å². The third-order valence-corrected chi connectivity index (χ3v) is 7.68. The van der Waals surface area contributed by atoms with Gasteiger partial charge in [-0.25, -0.2) is 0 Å². The molecule has 0 aliphatic carbocycles. The largest absolute Gasteiger partial charge is 0.342 e. The molecule has 8 nitrogen and oxygen atoms in total. The lowest BCUT2D eigenvalue weighted by Crippen LogP contribution is -2.35. The summed E-state index contributed by atoms with van der Waals surface area (Å²) in [6.07, 6.45) is 3.94. The van der Waals surface area contributed by atoms with Crippen LogP contribution in [0, 0.1) is 33.1 Å². The van der Waals surface area contributed by atoms with Crippen molar-refractivity contribution in [2.45, 2.75) is 47.0 Å². The summed E-state index contributed by atoms with van der Waals surface area (Å²) < 4.78 is 2.15. The van der Waals surface area contributed by atoms with Gasteiger partial charge in [0.15, 0.2) is 5.84 Å². The molecule has 0 unspecified atom stereocenters. The summed E-state index contributed by atoms with van der Waals surface area (Å²) >= 11 is 1.19. The van der Waals surface area contributed by atoms with E-state index in [9.17, 15) is 9.59 Å². The van der Waals surface area contributed by atoms with Gasteiger partial charge in [-0.15, -0.1) is 0 Å². The third-order valence-electron chi connectivity index (χ3n) is 6.78. The maximum atomic E-state index is 12.9. The molecule has 0 saturated carbocycles. The highest BCUT2D eigenvalue weighted by Crippen LogP contribution is 2.31. The lowest BCUT2D eigenvalue weighted by atomic mass is 10.1. The van der Waals surface area contributed by atoms with Crippen molar-refractivity contribution in [3.05, 3.63) is 57.9 Å². The molecule has 5 rings (SSSR count). The SMILES string of the molecule is Cc1ccc(-n2c(C)cc(/C=C3/C(=N)N4N=C(CC(=O)N5CCCC5)SC4=NC3=O)c2C)cc1C. The van der Waals surface area contributed by atoms with Gasteiger partial charge in [-0.05, 0) is 93.3 Å². The molecule has 3 aliphatic rings. The summed E-state index contributed by atoms with van der Waals surface area (Å²) in [6.45, 7) is 9.78. The summed E-state index contributed by atoms with van der Waals surface area (Å²) in [6, 6.07) is 8.36. The number of hydrogen-bond donors (Lipinski definition) is 1. The molecule has 1 fully saturated rings. The molecular formula is C26H28N6O2S. The smallest absolute Gasteiger partial charge is 0.283 e. The van der Waals surface area contributed by atoms with Crippen molar-refractivity contribution in [3.8, 4) is 5.69 Å². The van der Waals surface area contributed by atoms with Gasteiger partial charge >= 0.3 is 0 Å². The van der Waals surface area contributed by atoms with Crippen LogP contribution >= 0.6 is 11.8 Å². The molecule has 1 aromatic carbocycles. The predicted octanol–water partition coefficient (Wildman–Crippen LogP) is 4.34. The van der Waals surface area contributed by atoms with Crippen LogP contribution in [0.1, 0.15) is 47.3 Å². The van der Waals surface area contributed by atoms with Crippen LogP contribution in [-0.4, -0.2) is 55.4 Å². The van der Waals surface area contributed by atoms with Crippen LogP contribution < -0.4 is 0 Å². The van der Waals surface area contributed by atoms with Gasteiger partial charge in [-0.3, -0.25) is 15.0 Å². The van der Waals surface area contributed by atoms with Crippen molar-refractivity contribution >= 4 is 45.7 Å². The van der Waals surface area contributed by atoms with E-state index < -0.39 is 5.91 Å². The van der Waals surface area contributed by atoms with E-state index in [-0.39, 0.29) is 23.7 Å². The van der Waals surface area contributed by atoms with Crippen LogP contribution in [0.15, 0.2) is 39.9 Å². The highest BCUT2D eigenvalue weighted by atomic mass is 32.2. The zero-order valence-corrected chi connectivity index (χ0v) is 21.2. The Kier molecular flexibility index (Phi) is 5.96. The van der Waals surface area contributed by atoms with Crippen molar-refractivity contribution in [1.82, 2.24) is 14.5 Å². The second kappa shape index (κ2) is 8.96. The number of amidine groups is 2. The van der Waals surface area contributed by atoms with Crippen LogP contribution in [0.3, 0.4) is 0 Å². The number of amides is 2. The average Bonchev–Trinajstić information content (AvgIpc) is 3.53. The van der Waals surface area contributed by atoms with Crippen LogP contribution in [-0.2, 0) is 9.59 Å². The first-order valence-electron chi connectivity index (χ1n) is 11.8. The number of carbonyl (C=O) groups excluding carboxylic acids is 2. The van der Waals surface area contributed by atoms with E-state index in [1.54, 1.807) is 6.08 Å². The average molecular weight is 489 g/mol. The van der Waals surface area contributed by atoms with Gasteiger partial charge in [0.1, 0.15) is 5.04 Å². The number of aryl methyl sites for hydroxylation is 3. The van der Waals surface area contributed by atoms with E-state index in [1.165, 1.54) is 27.9 Å². The zero-order chi connectivity index (χ0) is 24.9. The van der Waals surface area contributed by atoms with Crippen LogP contribution in [0.4, 0.5) is 0 Å². The number of aliphatic imine (C=N–C) groups is 1. The molecule has 0 radical (unpaired) electrons. The lowest BCUT2D eigenvalue weighted by molar-refractivity contribution is -0.128. The third kappa shape index (κ3) is 4.25. The molecule has 2 aromatic rings. The zero-order valence-electron chi connectivity index (χ0n) is 20.4. The fourth-order valence-corrected chi connectivity index (χ4v) is 5.54. The minimum atomic E-state index is -0.466. The van der Waals surface area contributed by atoms with E-state index in [2.05, 4.69) is 46.7 Å². The number of benzene rings is 1. The maximum absolute atomic E-state index is 12.9. The number of rotatable bonds is 4. The Bertz CT molecular complexity index is 1360. The molecule has 180 valence electrons. The summed E-state index contributed by atoms with van der Waals surface area (Å²) in [5.41, 5.74) is 6.56. The standard InChI is InChI=1S/C26H28N6O2S/c1-15-7-8-20(11-16(15)2)31-17(3)12-19(18(31)4)13-21-24(27)32-26(28-25(21)34)35-22(29-32)14-23(33)30-9-5-6-10-30/h7-8,11-13,27H,5-6,9-10,14H2,1-4H3/b21-13-,27-24?. The highest BCUT2D eigenvalue weighted by molar-refractivity contribution is 8.27. The predicted molar refractivity (Wildman–Crippen MR) is 140 cm³/mol. The molecule has 1 N–H and O–H groups in total. The molecule has 9 heteroatoms. The molecular weight excluding hydrogens is 460 g/mol. The Morgan fingerprint density at radius 2 is 1.86 bits per heavy atom. The normalized spacial score (nSPS) is 18.9. The fourth-order valence-electron chi connectivity index (χ4n) is 4.66. The Morgan fingerprint density at radius 3 is 2.57 bits per heavy atom. The van der Waals surface area contributed by atoms with Crippen molar-refractivity contribution in [3.63, 3.8) is 0 Å². The van der Waals surface area contributed by atoms with Crippen LogP contribution in [0.2, 0.25) is 0 Å². The van der Waals surface area contributed by atoms with Crippen LogP contribution in [0.5, 0.6) is 0 Å². The van der Waals surface area contributed by atoms with E-state index >= 15 is 0 Å². The summed E-state index contributed by atoms with van der Waals surface area (Å²) in [5, 5.41) is 15.4. The number of thioether (sulfide) groups is 1. The number of carbonyl (C=O) groups is 2. The van der Waals surface area contributed by atoms with Gasteiger partial charge < -0.3 is 9.47 Å². The van der Waals surface area contributed by atoms with Gasteiger partial charge in [0, 0.05) is 30.2 Å². The maximum Gasteiger partial charge on any atom is 0.283 e. The molecule has 0 spiro atoms. The molecule has 2 amide bonds. The number of fused-ring (bicyclic) bond motifs is 1. The van der Waals surface area contributed by atoms with Gasteiger partial charge in [-0.1, -0.05) is 6.07 Å². The number of aromatic nitrogens is 1. The number of nitrogens with one attached hydrogen (secondary N) is 1. The fraction of sp³-hybridized carbons (Fsp3) is 0.346. The number of nitrogens with zero attached hydrogens (tertiary/aromatic N) is 5. The van der Waals surface area contributed by atoms with E-state index in [1.807, 2.05) is 24.8 Å². The molecule has 1 saturated heterocycles. The Hall–Kier alpha value is -3.46. The van der Waals surface area contributed by atoms with Crippen molar-refractivity contribution < 1.29 is 9.59 Å². The number of hydrogen-bond acceptors (Lipinski definition) is 5. The Morgan fingerprint density at radius 1 is 1.11 bits per heavy atom. The lowest BCUT2D eigenvalue weighted by Gasteiger charge is -2.20. The van der Waals surface area contributed by atoms with Gasteiger partial charge in [0.2, 0.25) is 11.1 Å². The first kappa shape index (κ1) is 23.3. The molecule has 0 bridgehead atoms.